The zero-order valence-electron chi connectivity index (χ0n) is 14.1. The van der Waals surface area contributed by atoms with Gasteiger partial charge in [-0.05, 0) is 33.3 Å². The second kappa shape index (κ2) is 7.17. The molecule has 0 aromatic heterocycles. The van der Waals surface area contributed by atoms with Crippen LogP contribution in [0.4, 0.5) is 0 Å². The maximum absolute atomic E-state index is 3.70. The Kier molecular flexibility index (Phi) is 5.75. The first-order valence-corrected chi connectivity index (χ1v) is 9.10. The van der Waals surface area contributed by atoms with Gasteiger partial charge < -0.3 is 5.32 Å². The summed E-state index contributed by atoms with van der Waals surface area (Å²) in [6.45, 7) is 13.7. The van der Waals surface area contributed by atoms with Crippen LogP contribution in [-0.4, -0.2) is 40.6 Å². The van der Waals surface area contributed by atoms with E-state index >= 15 is 0 Å². The molecule has 1 saturated heterocycles. The van der Waals surface area contributed by atoms with Gasteiger partial charge in [0.15, 0.2) is 0 Å². The van der Waals surface area contributed by atoms with E-state index in [1.54, 1.807) is 0 Å². The molecule has 1 aliphatic rings. The van der Waals surface area contributed by atoms with Crippen LogP contribution in [0, 0.1) is 0 Å². The average Bonchev–Trinajstić information content (AvgIpc) is 2.43. The molecule has 0 radical (unpaired) electrons. The van der Waals surface area contributed by atoms with Crippen molar-refractivity contribution in [1.82, 2.24) is 10.2 Å². The fourth-order valence-electron chi connectivity index (χ4n) is 2.90. The largest absolute Gasteiger partial charge is 0.310 e. The summed E-state index contributed by atoms with van der Waals surface area (Å²) >= 11 is 2.10. The van der Waals surface area contributed by atoms with Crippen LogP contribution in [0.3, 0.4) is 0 Å². The van der Waals surface area contributed by atoms with Crippen molar-refractivity contribution in [2.45, 2.75) is 57.5 Å². The summed E-state index contributed by atoms with van der Waals surface area (Å²) in [6.07, 6.45) is 0. The molecule has 2 nitrogen and oxygen atoms in total. The lowest BCUT2D eigenvalue weighted by Crippen LogP contribution is -2.50. The molecule has 3 atom stereocenters. The van der Waals surface area contributed by atoms with Gasteiger partial charge in [-0.15, -0.1) is 0 Å². The zero-order valence-corrected chi connectivity index (χ0v) is 14.9. The van der Waals surface area contributed by atoms with E-state index < -0.39 is 0 Å². The van der Waals surface area contributed by atoms with Gasteiger partial charge in [0.05, 0.1) is 0 Å². The fraction of sp³-hybridized carbons (Fsp3) is 0.667. The van der Waals surface area contributed by atoms with Crippen LogP contribution in [0.1, 0.15) is 46.2 Å². The molecule has 0 bridgehead atoms. The molecule has 3 unspecified atom stereocenters. The van der Waals surface area contributed by atoms with Gasteiger partial charge in [-0.3, -0.25) is 4.90 Å². The Hall–Kier alpha value is -0.510. The summed E-state index contributed by atoms with van der Waals surface area (Å²) in [5, 5.41) is 4.41. The molecule has 21 heavy (non-hydrogen) atoms. The van der Waals surface area contributed by atoms with Crippen molar-refractivity contribution in [2.75, 3.05) is 18.8 Å². The molecule has 2 rings (SSSR count). The van der Waals surface area contributed by atoms with Gasteiger partial charge in [-0.1, -0.05) is 37.3 Å². The van der Waals surface area contributed by atoms with Crippen molar-refractivity contribution in [2.24, 2.45) is 0 Å². The minimum absolute atomic E-state index is 0.159. The highest BCUT2D eigenvalue weighted by Gasteiger charge is 2.31. The third-order valence-corrected chi connectivity index (χ3v) is 5.68. The van der Waals surface area contributed by atoms with Crippen molar-refractivity contribution >= 4 is 11.8 Å². The SMILES string of the molecule is CC1SCCN(C(CNC(C)(C)C)c2ccccc2)C1C. The monoisotopic (exact) mass is 306 g/mol. The standard InChI is InChI=1S/C18H30N2S/c1-14-15(2)21-12-11-20(14)17(13-19-18(3,4)5)16-9-7-6-8-10-16/h6-10,14-15,17,19H,11-13H2,1-5H3. The summed E-state index contributed by atoms with van der Waals surface area (Å²) in [7, 11) is 0. The summed E-state index contributed by atoms with van der Waals surface area (Å²) in [5.74, 6) is 1.24. The first-order chi connectivity index (χ1) is 9.88. The van der Waals surface area contributed by atoms with Gasteiger partial charge in [0.25, 0.3) is 0 Å². The molecule has 118 valence electrons. The van der Waals surface area contributed by atoms with Gasteiger partial charge in [-0.25, -0.2) is 0 Å². The number of hydrogen-bond acceptors (Lipinski definition) is 3. The van der Waals surface area contributed by atoms with Crippen molar-refractivity contribution < 1.29 is 0 Å². The van der Waals surface area contributed by atoms with E-state index in [-0.39, 0.29) is 5.54 Å². The number of nitrogens with zero attached hydrogens (tertiary/aromatic N) is 1. The van der Waals surface area contributed by atoms with E-state index in [1.807, 2.05) is 0 Å². The average molecular weight is 307 g/mol. The first kappa shape index (κ1) is 16.9. The van der Waals surface area contributed by atoms with E-state index in [1.165, 1.54) is 17.9 Å². The molecule has 0 spiro atoms. The van der Waals surface area contributed by atoms with Crippen LogP contribution in [0.25, 0.3) is 0 Å². The third-order valence-electron chi connectivity index (χ3n) is 4.34. The molecular formula is C18H30N2S. The molecule has 1 aromatic carbocycles. The van der Waals surface area contributed by atoms with Gasteiger partial charge in [0.1, 0.15) is 0 Å². The highest BCUT2D eigenvalue weighted by Crippen LogP contribution is 2.31. The van der Waals surface area contributed by atoms with Crippen LogP contribution >= 0.6 is 11.8 Å². The van der Waals surface area contributed by atoms with Crippen LogP contribution < -0.4 is 5.32 Å². The Bertz CT molecular complexity index is 427. The van der Waals surface area contributed by atoms with Crippen molar-refractivity contribution in [1.29, 1.82) is 0 Å². The fourth-order valence-corrected chi connectivity index (χ4v) is 4.02. The molecule has 3 heteroatoms. The summed E-state index contributed by atoms with van der Waals surface area (Å²) < 4.78 is 0. The van der Waals surface area contributed by atoms with Crippen LogP contribution in [0.2, 0.25) is 0 Å². The number of rotatable bonds is 4. The number of thioether (sulfide) groups is 1. The van der Waals surface area contributed by atoms with Crippen molar-refractivity contribution in [3.05, 3.63) is 35.9 Å². The lowest BCUT2D eigenvalue weighted by molar-refractivity contribution is 0.137. The molecule has 0 saturated carbocycles. The van der Waals surface area contributed by atoms with Crippen molar-refractivity contribution in [3.63, 3.8) is 0 Å². The molecule has 1 aliphatic heterocycles. The zero-order chi connectivity index (χ0) is 15.5. The molecule has 1 N–H and O–H groups in total. The maximum Gasteiger partial charge on any atom is 0.0476 e. The van der Waals surface area contributed by atoms with E-state index in [9.17, 15) is 0 Å². The molecule has 0 aliphatic carbocycles. The topological polar surface area (TPSA) is 15.3 Å². The first-order valence-electron chi connectivity index (χ1n) is 8.06. The van der Waals surface area contributed by atoms with Gasteiger partial charge in [0.2, 0.25) is 0 Å². The van der Waals surface area contributed by atoms with E-state index in [4.69, 9.17) is 0 Å². The molecular weight excluding hydrogens is 276 g/mol. The second-order valence-corrected chi connectivity index (χ2v) is 8.60. The van der Waals surface area contributed by atoms with Gasteiger partial charge >= 0.3 is 0 Å². The van der Waals surface area contributed by atoms with E-state index in [0.717, 1.165) is 6.54 Å². The summed E-state index contributed by atoms with van der Waals surface area (Å²) in [6, 6.07) is 12.1. The quantitative estimate of drug-likeness (QED) is 0.907. The Balaban J connectivity index is 2.19. The van der Waals surface area contributed by atoms with E-state index in [0.29, 0.717) is 17.3 Å². The number of hydrogen-bond donors (Lipinski definition) is 1. The highest BCUT2D eigenvalue weighted by molar-refractivity contribution is 8.00. The summed E-state index contributed by atoms with van der Waals surface area (Å²) in [4.78, 5) is 2.69. The van der Waals surface area contributed by atoms with Crippen LogP contribution in [-0.2, 0) is 0 Å². The molecule has 1 heterocycles. The third kappa shape index (κ3) is 4.73. The Morgan fingerprint density at radius 1 is 1.24 bits per heavy atom. The molecule has 0 amide bonds. The molecule has 1 aromatic rings. The smallest absolute Gasteiger partial charge is 0.0476 e. The predicted octanol–water partition coefficient (Wildman–Crippen LogP) is 3.94. The lowest BCUT2D eigenvalue weighted by atomic mass is 10.0. The minimum Gasteiger partial charge on any atom is -0.310 e. The Morgan fingerprint density at radius 2 is 1.90 bits per heavy atom. The van der Waals surface area contributed by atoms with E-state index in [2.05, 4.69) is 86.9 Å². The molecule has 1 fully saturated rings. The predicted molar refractivity (Wildman–Crippen MR) is 95.0 cm³/mol. The number of nitrogens with one attached hydrogen (secondary N) is 1. The maximum atomic E-state index is 3.70. The normalized spacial score (nSPS) is 25.8. The highest BCUT2D eigenvalue weighted by atomic mass is 32.2. The minimum atomic E-state index is 0.159. The summed E-state index contributed by atoms with van der Waals surface area (Å²) in [5.41, 5.74) is 1.59. The Morgan fingerprint density at radius 3 is 2.52 bits per heavy atom. The van der Waals surface area contributed by atoms with Gasteiger partial charge in [0, 0.05) is 41.7 Å². The lowest BCUT2D eigenvalue weighted by Gasteiger charge is -2.43. The van der Waals surface area contributed by atoms with Crippen LogP contribution in [0.15, 0.2) is 30.3 Å². The second-order valence-electron chi connectivity index (χ2n) is 7.11. The van der Waals surface area contributed by atoms with Crippen LogP contribution in [0.5, 0.6) is 0 Å². The Labute approximate surface area is 134 Å². The number of benzene rings is 1. The van der Waals surface area contributed by atoms with Crippen molar-refractivity contribution in [3.8, 4) is 0 Å². The van der Waals surface area contributed by atoms with Gasteiger partial charge in [-0.2, -0.15) is 11.8 Å².